The predicted molar refractivity (Wildman–Crippen MR) is 128 cm³/mol. The normalized spacial score (nSPS) is 11.6. The molecule has 0 saturated heterocycles. The number of carbonyl (C=O) groups is 2. The van der Waals surface area contributed by atoms with E-state index < -0.39 is 12.1 Å². The van der Waals surface area contributed by atoms with Gasteiger partial charge in [0.05, 0.1) is 0 Å². The number of hydrogen-bond acceptors (Lipinski definition) is 2. The van der Waals surface area contributed by atoms with Gasteiger partial charge in [0.25, 0.3) is 0 Å². The van der Waals surface area contributed by atoms with E-state index in [0.29, 0.717) is 23.8 Å². The van der Waals surface area contributed by atoms with Crippen LogP contribution < -0.4 is 10.6 Å². The monoisotopic (exact) mass is 443 g/mol. The van der Waals surface area contributed by atoms with Crippen LogP contribution in [-0.4, -0.2) is 29.9 Å². The smallest absolute Gasteiger partial charge is 0.320 e. The van der Waals surface area contributed by atoms with Gasteiger partial charge in [0, 0.05) is 23.8 Å². The molecule has 3 amide bonds. The van der Waals surface area contributed by atoms with Gasteiger partial charge in [0.15, 0.2) is 0 Å². The molecule has 0 fully saturated rings. The summed E-state index contributed by atoms with van der Waals surface area (Å²) >= 11 is 6.01. The van der Waals surface area contributed by atoms with Gasteiger partial charge < -0.3 is 15.5 Å². The first-order valence-electron chi connectivity index (χ1n) is 11.2. The van der Waals surface area contributed by atoms with E-state index in [4.69, 9.17) is 11.6 Å². The number of carbonyl (C=O) groups excluding carboxylic acids is 2. The maximum atomic E-state index is 13.5. The summed E-state index contributed by atoms with van der Waals surface area (Å²) in [4.78, 5) is 28.2. The molecular formula is C25H34ClN3O2. The molecule has 1 atom stereocenters. The first kappa shape index (κ1) is 24.7. The Morgan fingerprint density at radius 3 is 2.13 bits per heavy atom. The van der Waals surface area contributed by atoms with Crippen molar-refractivity contribution in [3.8, 4) is 0 Å². The van der Waals surface area contributed by atoms with Crippen molar-refractivity contribution in [3.05, 3.63) is 65.2 Å². The zero-order valence-corrected chi connectivity index (χ0v) is 19.3. The Labute approximate surface area is 191 Å². The molecule has 0 unspecified atom stereocenters. The Hall–Kier alpha value is -2.53. The predicted octanol–water partition coefficient (Wildman–Crippen LogP) is 6.41. The van der Waals surface area contributed by atoms with Gasteiger partial charge in [-0.15, -0.1) is 0 Å². The third-order valence-corrected chi connectivity index (χ3v) is 5.35. The van der Waals surface area contributed by atoms with E-state index in [1.807, 2.05) is 35.2 Å². The average Bonchev–Trinajstić information content (AvgIpc) is 2.77. The molecule has 0 radical (unpaired) electrons. The number of benzene rings is 2. The highest BCUT2D eigenvalue weighted by Crippen LogP contribution is 2.19. The van der Waals surface area contributed by atoms with Crippen molar-refractivity contribution in [3.63, 3.8) is 0 Å². The molecule has 5 nitrogen and oxygen atoms in total. The standard InChI is InChI=1S/C25H34ClN3O2/c1-3-5-10-17-29(18-11-6-4-2)24(30)23(20-13-8-7-9-14-20)28-25(31)27-22-16-12-15-21(26)19-22/h7-9,12-16,19,23H,3-6,10-11,17-18H2,1-2H3,(H2,27,28,31)/t23-/m1/s1. The molecule has 0 aliphatic carbocycles. The minimum atomic E-state index is -0.747. The zero-order chi connectivity index (χ0) is 22.5. The third-order valence-electron chi connectivity index (χ3n) is 5.11. The van der Waals surface area contributed by atoms with Crippen LogP contribution >= 0.6 is 11.6 Å². The second-order valence-corrected chi connectivity index (χ2v) is 8.13. The van der Waals surface area contributed by atoms with Gasteiger partial charge in [-0.1, -0.05) is 87.5 Å². The van der Waals surface area contributed by atoms with Crippen molar-refractivity contribution in [1.82, 2.24) is 10.2 Å². The van der Waals surface area contributed by atoms with Crippen molar-refractivity contribution >= 4 is 29.2 Å². The van der Waals surface area contributed by atoms with Crippen LogP contribution in [0.2, 0.25) is 5.02 Å². The Balaban J connectivity index is 2.17. The molecule has 0 saturated carbocycles. The van der Waals surface area contributed by atoms with Crippen molar-refractivity contribution < 1.29 is 9.59 Å². The molecule has 0 spiro atoms. The summed E-state index contributed by atoms with van der Waals surface area (Å²) in [6.45, 7) is 5.71. The van der Waals surface area contributed by atoms with Crippen LogP contribution in [0.3, 0.4) is 0 Å². The average molecular weight is 444 g/mol. The lowest BCUT2D eigenvalue weighted by atomic mass is 10.0. The second kappa shape index (κ2) is 13.7. The largest absolute Gasteiger partial charge is 0.341 e. The van der Waals surface area contributed by atoms with E-state index in [-0.39, 0.29) is 5.91 Å². The lowest BCUT2D eigenvalue weighted by Gasteiger charge is -2.28. The Kier molecular flexibility index (Phi) is 10.9. The van der Waals surface area contributed by atoms with Crippen molar-refractivity contribution in [2.24, 2.45) is 0 Å². The van der Waals surface area contributed by atoms with Crippen LogP contribution in [0.25, 0.3) is 0 Å². The van der Waals surface area contributed by atoms with Gasteiger partial charge in [-0.2, -0.15) is 0 Å². The molecule has 0 heterocycles. The fourth-order valence-corrected chi connectivity index (χ4v) is 3.61. The number of anilines is 1. The Morgan fingerprint density at radius 2 is 1.55 bits per heavy atom. The van der Waals surface area contributed by atoms with E-state index in [1.165, 1.54) is 0 Å². The molecule has 0 aromatic heterocycles. The summed E-state index contributed by atoms with van der Waals surface area (Å²) < 4.78 is 0. The molecule has 2 N–H and O–H groups in total. The summed E-state index contributed by atoms with van der Waals surface area (Å²) in [6, 6.07) is 15.2. The van der Waals surface area contributed by atoms with Crippen LogP contribution in [0.5, 0.6) is 0 Å². The minimum absolute atomic E-state index is 0.0698. The molecule has 0 aliphatic rings. The van der Waals surface area contributed by atoms with Crippen LogP contribution in [-0.2, 0) is 4.79 Å². The Morgan fingerprint density at radius 1 is 0.903 bits per heavy atom. The topological polar surface area (TPSA) is 61.4 Å². The van der Waals surface area contributed by atoms with Gasteiger partial charge in [0.2, 0.25) is 5.91 Å². The van der Waals surface area contributed by atoms with Gasteiger partial charge in [0.1, 0.15) is 6.04 Å². The SMILES string of the molecule is CCCCCN(CCCCC)C(=O)[C@H](NC(=O)Nc1cccc(Cl)c1)c1ccccc1. The van der Waals surface area contributed by atoms with Crippen LogP contribution in [0.15, 0.2) is 54.6 Å². The van der Waals surface area contributed by atoms with Crippen molar-refractivity contribution in [2.45, 2.75) is 58.4 Å². The summed E-state index contributed by atoms with van der Waals surface area (Å²) in [5.41, 5.74) is 1.34. The van der Waals surface area contributed by atoms with E-state index >= 15 is 0 Å². The molecular weight excluding hydrogens is 410 g/mol. The van der Waals surface area contributed by atoms with Crippen molar-refractivity contribution in [1.29, 1.82) is 0 Å². The van der Waals surface area contributed by atoms with Crippen LogP contribution in [0.1, 0.15) is 64.0 Å². The van der Waals surface area contributed by atoms with Crippen molar-refractivity contribution in [2.75, 3.05) is 18.4 Å². The number of unbranched alkanes of at least 4 members (excludes halogenated alkanes) is 4. The first-order valence-corrected chi connectivity index (χ1v) is 11.6. The highest BCUT2D eigenvalue weighted by atomic mass is 35.5. The van der Waals surface area contributed by atoms with E-state index in [1.54, 1.807) is 24.3 Å². The quantitative estimate of drug-likeness (QED) is 0.372. The summed E-state index contributed by atoms with van der Waals surface area (Å²) in [5.74, 6) is -0.0698. The maximum Gasteiger partial charge on any atom is 0.320 e. The molecule has 2 rings (SSSR count). The second-order valence-electron chi connectivity index (χ2n) is 7.69. The summed E-state index contributed by atoms with van der Waals surface area (Å²) in [7, 11) is 0. The van der Waals surface area contributed by atoms with Gasteiger partial charge in [-0.25, -0.2) is 4.79 Å². The first-order chi connectivity index (χ1) is 15.0. The van der Waals surface area contributed by atoms with Gasteiger partial charge in [-0.05, 0) is 36.6 Å². The lowest BCUT2D eigenvalue weighted by Crippen LogP contribution is -2.45. The van der Waals surface area contributed by atoms with E-state index in [2.05, 4.69) is 24.5 Å². The number of nitrogens with one attached hydrogen (secondary N) is 2. The fraction of sp³-hybridized carbons (Fsp3) is 0.440. The fourth-order valence-electron chi connectivity index (χ4n) is 3.42. The molecule has 6 heteroatoms. The summed E-state index contributed by atoms with van der Waals surface area (Å²) in [5, 5.41) is 6.19. The number of urea groups is 1. The molecule has 2 aromatic rings. The molecule has 31 heavy (non-hydrogen) atoms. The number of nitrogens with zero attached hydrogens (tertiary/aromatic N) is 1. The molecule has 0 aliphatic heterocycles. The lowest BCUT2D eigenvalue weighted by molar-refractivity contribution is -0.133. The Bertz CT molecular complexity index is 803. The molecule has 0 bridgehead atoms. The minimum Gasteiger partial charge on any atom is -0.341 e. The van der Waals surface area contributed by atoms with E-state index in [9.17, 15) is 9.59 Å². The number of halogens is 1. The number of rotatable bonds is 12. The molecule has 168 valence electrons. The highest BCUT2D eigenvalue weighted by Gasteiger charge is 2.27. The molecule has 2 aromatic carbocycles. The number of amides is 3. The van der Waals surface area contributed by atoms with E-state index in [0.717, 1.165) is 44.1 Å². The van der Waals surface area contributed by atoms with Gasteiger partial charge >= 0.3 is 6.03 Å². The summed E-state index contributed by atoms with van der Waals surface area (Å²) in [6.07, 6.45) is 6.28. The van der Waals surface area contributed by atoms with Crippen LogP contribution in [0, 0.1) is 0 Å². The third kappa shape index (κ3) is 8.62. The van der Waals surface area contributed by atoms with Gasteiger partial charge in [-0.3, -0.25) is 4.79 Å². The van der Waals surface area contributed by atoms with Crippen LogP contribution in [0.4, 0.5) is 10.5 Å². The number of hydrogen-bond donors (Lipinski definition) is 2. The maximum absolute atomic E-state index is 13.5. The highest BCUT2D eigenvalue weighted by molar-refractivity contribution is 6.30. The zero-order valence-electron chi connectivity index (χ0n) is 18.6.